The molecule has 2 aliphatic heterocycles. The van der Waals surface area contributed by atoms with E-state index in [9.17, 15) is 5.11 Å². The van der Waals surface area contributed by atoms with Crippen LogP contribution in [0.15, 0.2) is 6.20 Å². The van der Waals surface area contributed by atoms with Crippen molar-refractivity contribution in [2.24, 2.45) is 5.92 Å². The molecule has 0 aromatic carbocycles. The minimum absolute atomic E-state index is 0.0778. The highest BCUT2D eigenvalue weighted by Crippen LogP contribution is 2.41. The Morgan fingerprint density at radius 2 is 2.22 bits per heavy atom. The Morgan fingerprint density at radius 1 is 1.39 bits per heavy atom. The van der Waals surface area contributed by atoms with Crippen LogP contribution in [0.2, 0.25) is 0 Å². The smallest absolute Gasteiger partial charge is 0.103 e. The number of ether oxygens (including phenoxy) is 2. The van der Waals surface area contributed by atoms with E-state index in [1.165, 1.54) is 0 Å². The van der Waals surface area contributed by atoms with Gasteiger partial charge in [0.15, 0.2) is 0 Å². The highest BCUT2D eigenvalue weighted by molar-refractivity contribution is 6.99. The summed E-state index contributed by atoms with van der Waals surface area (Å²) in [5, 5.41) is 10.4. The Balaban J connectivity index is 1.70. The monoisotopic (exact) mass is 270 g/mol. The first kappa shape index (κ1) is 12.5. The maximum atomic E-state index is 10.4. The third kappa shape index (κ3) is 2.42. The van der Waals surface area contributed by atoms with E-state index in [4.69, 9.17) is 9.47 Å². The van der Waals surface area contributed by atoms with Crippen molar-refractivity contribution in [1.29, 1.82) is 0 Å². The molecule has 2 unspecified atom stereocenters. The van der Waals surface area contributed by atoms with Crippen LogP contribution in [0, 0.1) is 5.92 Å². The van der Waals surface area contributed by atoms with Crippen molar-refractivity contribution in [3.05, 3.63) is 11.9 Å². The van der Waals surface area contributed by atoms with Gasteiger partial charge in [0.2, 0.25) is 0 Å². The molecule has 0 radical (unpaired) electrons. The molecular weight excluding hydrogens is 252 g/mol. The standard InChI is InChI=1S/C12H18N2O3S/c15-11(10-8-13-18-14-10)9-1-4-17-12(7-9)2-5-16-6-3-12/h8-9,11,15H,1-7H2. The lowest BCUT2D eigenvalue weighted by atomic mass is 9.78. The molecular formula is C12H18N2O3S. The van der Waals surface area contributed by atoms with Gasteiger partial charge in [-0.1, -0.05) is 0 Å². The molecule has 1 aromatic heterocycles. The van der Waals surface area contributed by atoms with Gasteiger partial charge in [-0.15, -0.1) is 0 Å². The molecule has 2 saturated heterocycles. The quantitative estimate of drug-likeness (QED) is 0.883. The average Bonchev–Trinajstić information content (AvgIpc) is 2.93. The molecule has 0 amide bonds. The van der Waals surface area contributed by atoms with Crippen LogP contribution in [0.25, 0.3) is 0 Å². The fraction of sp³-hybridized carbons (Fsp3) is 0.833. The summed E-state index contributed by atoms with van der Waals surface area (Å²) in [6.45, 7) is 2.25. The molecule has 3 heterocycles. The Hall–Kier alpha value is -0.560. The summed E-state index contributed by atoms with van der Waals surface area (Å²) in [6.07, 6.45) is 4.82. The van der Waals surface area contributed by atoms with Crippen LogP contribution in [0.5, 0.6) is 0 Å². The van der Waals surface area contributed by atoms with E-state index in [0.29, 0.717) is 5.69 Å². The van der Waals surface area contributed by atoms with Gasteiger partial charge in [0.25, 0.3) is 0 Å². The molecule has 0 bridgehead atoms. The van der Waals surface area contributed by atoms with Crippen molar-refractivity contribution < 1.29 is 14.6 Å². The molecule has 1 spiro atoms. The van der Waals surface area contributed by atoms with E-state index in [1.54, 1.807) is 6.20 Å². The Kier molecular flexibility index (Phi) is 3.61. The zero-order valence-electron chi connectivity index (χ0n) is 10.2. The third-order valence-corrected chi connectivity index (χ3v) is 4.56. The van der Waals surface area contributed by atoms with Crippen molar-refractivity contribution in [2.75, 3.05) is 19.8 Å². The highest BCUT2D eigenvalue weighted by atomic mass is 32.1. The topological polar surface area (TPSA) is 64.5 Å². The first-order valence-corrected chi connectivity index (χ1v) is 7.19. The van der Waals surface area contributed by atoms with Crippen molar-refractivity contribution in [3.63, 3.8) is 0 Å². The van der Waals surface area contributed by atoms with Crippen LogP contribution in [0.3, 0.4) is 0 Å². The van der Waals surface area contributed by atoms with Gasteiger partial charge in [-0.05, 0) is 31.6 Å². The van der Waals surface area contributed by atoms with E-state index < -0.39 is 6.10 Å². The minimum atomic E-state index is -0.507. The number of aromatic nitrogens is 2. The SMILES string of the molecule is OC(c1cnsn1)C1CCOC2(CCOCC2)C1. The number of hydrogen-bond acceptors (Lipinski definition) is 6. The molecule has 100 valence electrons. The maximum Gasteiger partial charge on any atom is 0.103 e. The van der Waals surface area contributed by atoms with Gasteiger partial charge in [-0.25, -0.2) is 0 Å². The summed E-state index contributed by atoms with van der Waals surface area (Å²) < 4.78 is 19.5. The second-order valence-corrected chi connectivity index (χ2v) is 5.73. The Bertz CT molecular complexity index is 373. The number of nitrogens with zero attached hydrogens (tertiary/aromatic N) is 2. The second kappa shape index (κ2) is 5.21. The number of rotatable bonds is 2. The van der Waals surface area contributed by atoms with Gasteiger partial charge in [0.1, 0.15) is 11.8 Å². The summed E-state index contributed by atoms with van der Waals surface area (Å²) in [4.78, 5) is 0. The maximum absolute atomic E-state index is 10.4. The van der Waals surface area contributed by atoms with Crippen LogP contribution in [-0.4, -0.2) is 39.3 Å². The molecule has 1 aromatic rings. The molecule has 3 rings (SSSR count). The van der Waals surface area contributed by atoms with Crippen molar-refractivity contribution >= 4 is 11.7 Å². The molecule has 6 heteroatoms. The molecule has 2 atom stereocenters. The zero-order chi connectivity index (χ0) is 12.4. The number of aliphatic hydroxyl groups excluding tert-OH is 1. The predicted octanol–water partition coefficient (Wildman–Crippen LogP) is 1.55. The van der Waals surface area contributed by atoms with E-state index >= 15 is 0 Å². The first-order chi connectivity index (χ1) is 8.79. The fourth-order valence-electron chi connectivity index (χ4n) is 2.97. The minimum Gasteiger partial charge on any atom is -0.386 e. The van der Waals surface area contributed by atoms with E-state index in [-0.39, 0.29) is 11.5 Å². The Labute approximate surface area is 110 Å². The van der Waals surface area contributed by atoms with Crippen molar-refractivity contribution in [2.45, 2.75) is 37.4 Å². The van der Waals surface area contributed by atoms with Gasteiger partial charge in [0.05, 0.1) is 23.5 Å². The summed E-state index contributed by atoms with van der Waals surface area (Å²) in [7, 11) is 0. The van der Waals surface area contributed by atoms with Gasteiger partial charge in [-0.3, -0.25) is 0 Å². The van der Waals surface area contributed by atoms with Crippen LogP contribution >= 0.6 is 11.7 Å². The van der Waals surface area contributed by atoms with Gasteiger partial charge in [0, 0.05) is 19.8 Å². The van der Waals surface area contributed by atoms with Crippen LogP contribution in [0.1, 0.15) is 37.5 Å². The molecule has 0 aliphatic carbocycles. The lowest BCUT2D eigenvalue weighted by Gasteiger charge is -2.44. The van der Waals surface area contributed by atoms with Gasteiger partial charge >= 0.3 is 0 Å². The summed E-state index contributed by atoms with van der Waals surface area (Å²) in [5.74, 6) is 0.223. The van der Waals surface area contributed by atoms with E-state index in [2.05, 4.69) is 8.75 Å². The summed E-state index contributed by atoms with van der Waals surface area (Å²) in [5.41, 5.74) is 0.625. The largest absolute Gasteiger partial charge is 0.386 e. The van der Waals surface area contributed by atoms with Gasteiger partial charge < -0.3 is 14.6 Å². The molecule has 18 heavy (non-hydrogen) atoms. The molecule has 0 saturated carbocycles. The number of aliphatic hydroxyl groups is 1. The second-order valence-electron chi connectivity index (χ2n) is 5.17. The van der Waals surface area contributed by atoms with Gasteiger partial charge in [-0.2, -0.15) is 8.75 Å². The summed E-state index contributed by atoms with van der Waals surface area (Å²) in [6, 6.07) is 0. The lowest BCUT2D eigenvalue weighted by molar-refractivity contribution is -0.159. The zero-order valence-corrected chi connectivity index (χ0v) is 11.1. The van der Waals surface area contributed by atoms with Crippen LogP contribution < -0.4 is 0 Å². The fourth-order valence-corrected chi connectivity index (χ4v) is 3.42. The van der Waals surface area contributed by atoms with Crippen molar-refractivity contribution in [1.82, 2.24) is 8.75 Å². The average molecular weight is 270 g/mol. The molecule has 1 N–H and O–H groups in total. The predicted molar refractivity (Wildman–Crippen MR) is 66.3 cm³/mol. The third-order valence-electron chi connectivity index (χ3n) is 4.06. The first-order valence-electron chi connectivity index (χ1n) is 6.46. The lowest BCUT2D eigenvalue weighted by Crippen LogP contribution is -2.45. The van der Waals surface area contributed by atoms with Crippen LogP contribution in [-0.2, 0) is 9.47 Å². The normalized spacial score (nSPS) is 29.3. The summed E-state index contributed by atoms with van der Waals surface area (Å²) >= 11 is 1.15. The van der Waals surface area contributed by atoms with Crippen molar-refractivity contribution in [3.8, 4) is 0 Å². The number of hydrogen-bond donors (Lipinski definition) is 1. The van der Waals surface area contributed by atoms with E-state index in [1.807, 2.05) is 0 Å². The molecule has 2 aliphatic rings. The molecule has 5 nitrogen and oxygen atoms in total. The highest BCUT2D eigenvalue weighted by Gasteiger charge is 2.41. The Morgan fingerprint density at radius 3 is 2.94 bits per heavy atom. The van der Waals surface area contributed by atoms with Crippen LogP contribution in [0.4, 0.5) is 0 Å². The van der Waals surface area contributed by atoms with E-state index in [0.717, 1.165) is 57.2 Å². The molecule has 2 fully saturated rings.